The lowest BCUT2D eigenvalue weighted by atomic mass is 9.63. The molecule has 1 nitrogen and oxygen atoms in total. The van der Waals surface area contributed by atoms with Crippen LogP contribution in [0.5, 0.6) is 0 Å². The summed E-state index contributed by atoms with van der Waals surface area (Å²) in [5, 5.41) is 0. The highest BCUT2D eigenvalue weighted by atomic mass is 127. The second kappa shape index (κ2) is 5.97. The predicted molar refractivity (Wildman–Crippen MR) is 98.6 cm³/mol. The summed E-state index contributed by atoms with van der Waals surface area (Å²) >= 11 is 2.60. The summed E-state index contributed by atoms with van der Waals surface area (Å²) in [5.41, 5.74) is 2.86. The van der Waals surface area contributed by atoms with Crippen LogP contribution in [0.1, 0.15) is 30.4 Å². The van der Waals surface area contributed by atoms with E-state index in [4.69, 9.17) is 4.74 Å². The molecule has 1 saturated heterocycles. The summed E-state index contributed by atoms with van der Waals surface area (Å²) in [6, 6.07) is 22.0. The van der Waals surface area contributed by atoms with Crippen molar-refractivity contribution in [3.05, 3.63) is 71.8 Å². The maximum atomic E-state index is 6.39. The second-order valence-corrected chi connectivity index (χ2v) is 8.13. The number of benzene rings is 2. The summed E-state index contributed by atoms with van der Waals surface area (Å²) in [5.74, 6) is 0.591. The van der Waals surface area contributed by atoms with Gasteiger partial charge in [-0.05, 0) is 24.0 Å². The SMILES string of the molecule is I[C@H]1CCC[C@H]2[C@@H]1OCC2(c1ccccc1)c1ccccc1. The molecule has 2 aromatic carbocycles. The van der Waals surface area contributed by atoms with E-state index in [1.165, 1.54) is 30.4 Å². The number of fused-ring (bicyclic) bond motifs is 1. The molecule has 4 rings (SSSR count). The maximum Gasteiger partial charge on any atom is 0.0733 e. The van der Waals surface area contributed by atoms with Crippen molar-refractivity contribution in [3.63, 3.8) is 0 Å². The summed E-state index contributed by atoms with van der Waals surface area (Å²) in [4.78, 5) is 0. The lowest BCUT2D eigenvalue weighted by molar-refractivity contribution is 0.0756. The normalized spacial score (nSPS) is 30.0. The third-order valence-electron chi connectivity index (χ3n) is 5.46. The Labute approximate surface area is 146 Å². The van der Waals surface area contributed by atoms with Crippen molar-refractivity contribution < 1.29 is 4.74 Å². The van der Waals surface area contributed by atoms with E-state index >= 15 is 0 Å². The Hall–Kier alpha value is -0.870. The molecule has 2 heteroatoms. The van der Waals surface area contributed by atoms with E-state index in [0.29, 0.717) is 15.9 Å². The van der Waals surface area contributed by atoms with Gasteiger partial charge in [0.25, 0.3) is 0 Å². The average Bonchev–Trinajstić information content (AvgIpc) is 2.98. The molecule has 1 aliphatic carbocycles. The van der Waals surface area contributed by atoms with Crippen LogP contribution in [0.3, 0.4) is 0 Å². The Morgan fingerprint density at radius 2 is 1.45 bits per heavy atom. The van der Waals surface area contributed by atoms with Gasteiger partial charge in [0.05, 0.1) is 12.7 Å². The Balaban J connectivity index is 1.87. The maximum absolute atomic E-state index is 6.39. The van der Waals surface area contributed by atoms with Gasteiger partial charge < -0.3 is 4.74 Å². The molecule has 0 N–H and O–H groups in total. The number of alkyl halides is 1. The number of hydrogen-bond acceptors (Lipinski definition) is 1. The lowest BCUT2D eigenvalue weighted by Crippen LogP contribution is -2.42. The number of rotatable bonds is 2. The van der Waals surface area contributed by atoms with E-state index in [2.05, 4.69) is 83.3 Å². The van der Waals surface area contributed by atoms with Crippen molar-refractivity contribution in [3.8, 4) is 0 Å². The largest absolute Gasteiger partial charge is 0.376 e. The first-order valence-corrected chi connectivity index (χ1v) is 9.43. The quantitative estimate of drug-likeness (QED) is 0.507. The average molecular weight is 404 g/mol. The highest BCUT2D eigenvalue weighted by Crippen LogP contribution is 2.52. The Bertz CT molecular complexity index is 585. The lowest BCUT2D eigenvalue weighted by Gasteiger charge is -2.40. The molecule has 0 unspecified atom stereocenters. The fraction of sp³-hybridized carbons (Fsp3) is 0.400. The van der Waals surface area contributed by atoms with E-state index in [1.54, 1.807) is 0 Å². The molecule has 0 bridgehead atoms. The van der Waals surface area contributed by atoms with Crippen molar-refractivity contribution in [2.75, 3.05) is 6.61 Å². The molecule has 2 fully saturated rings. The number of hydrogen-bond donors (Lipinski definition) is 0. The minimum atomic E-state index is 0.0248. The highest BCUT2D eigenvalue weighted by Gasteiger charge is 2.54. The van der Waals surface area contributed by atoms with Gasteiger partial charge in [-0.25, -0.2) is 0 Å². The van der Waals surface area contributed by atoms with Gasteiger partial charge in [-0.1, -0.05) is 89.7 Å². The predicted octanol–water partition coefficient (Wildman–Crippen LogP) is 4.98. The molecule has 1 heterocycles. The van der Waals surface area contributed by atoms with Crippen molar-refractivity contribution >= 4 is 22.6 Å². The fourth-order valence-corrected chi connectivity index (χ4v) is 5.58. The molecule has 0 amide bonds. The fourth-order valence-electron chi connectivity index (χ4n) is 4.43. The zero-order valence-electron chi connectivity index (χ0n) is 12.6. The Morgan fingerprint density at radius 3 is 2.05 bits per heavy atom. The Kier molecular flexibility index (Phi) is 3.99. The van der Waals surface area contributed by atoms with Gasteiger partial charge in [0.15, 0.2) is 0 Å². The van der Waals surface area contributed by atoms with Crippen molar-refractivity contribution in [2.45, 2.75) is 34.7 Å². The standard InChI is InChI=1S/C20H21IO/c21-18-13-7-12-17-19(18)22-14-20(17,15-8-3-1-4-9-15)16-10-5-2-6-11-16/h1-6,8-11,17-19H,7,12-14H2/t17-,18-,19-/m0/s1. The first-order chi connectivity index (χ1) is 10.8. The zero-order valence-corrected chi connectivity index (χ0v) is 14.8. The minimum Gasteiger partial charge on any atom is -0.376 e. The summed E-state index contributed by atoms with van der Waals surface area (Å²) in [6.45, 7) is 0.815. The molecule has 0 spiro atoms. The summed E-state index contributed by atoms with van der Waals surface area (Å²) in [6.07, 6.45) is 4.28. The van der Waals surface area contributed by atoms with E-state index in [-0.39, 0.29) is 5.41 Å². The second-order valence-electron chi connectivity index (χ2n) is 6.53. The van der Waals surface area contributed by atoms with Gasteiger partial charge in [-0.2, -0.15) is 0 Å². The van der Waals surface area contributed by atoms with Crippen LogP contribution in [0.4, 0.5) is 0 Å². The van der Waals surface area contributed by atoms with E-state index in [1.807, 2.05) is 0 Å². The van der Waals surface area contributed by atoms with Crippen LogP contribution in [-0.2, 0) is 10.2 Å². The Morgan fingerprint density at radius 1 is 0.864 bits per heavy atom. The molecule has 0 aromatic heterocycles. The molecule has 2 aliphatic rings. The molecule has 22 heavy (non-hydrogen) atoms. The molecule has 2 aromatic rings. The van der Waals surface area contributed by atoms with Crippen LogP contribution in [-0.4, -0.2) is 16.6 Å². The number of halogens is 1. The molecule has 114 valence electrons. The molecule has 1 aliphatic heterocycles. The summed E-state index contributed by atoms with van der Waals surface area (Å²) in [7, 11) is 0. The van der Waals surface area contributed by atoms with Crippen LogP contribution in [0, 0.1) is 5.92 Å². The smallest absolute Gasteiger partial charge is 0.0733 e. The minimum absolute atomic E-state index is 0.0248. The van der Waals surface area contributed by atoms with Crippen LogP contribution in [0.15, 0.2) is 60.7 Å². The molecule has 0 radical (unpaired) electrons. The third kappa shape index (κ3) is 2.23. The van der Waals surface area contributed by atoms with Crippen LogP contribution in [0.25, 0.3) is 0 Å². The third-order valence-corrected chi connectivity index (χ3v) is 6.79. The van der Waals surface area contributed by atoms with Crippen molar-refractivity contribution in [1.29, 1.82) is 0 Å². The van der Waals surface area contributed by atoms with E-state index < -0.39 is 0 Å². The number of ether oxygens (including phenoxy) is 1. The van der Waals surface area contributed by atoms with Gasteiger partial charge in [0, 0.05) is 15.3 Å². The van der Waals surface area contributed by atoms with Gasteiger partial charge in [0.2, 0.25) is 0 Å². The molecular weight excluding hydrogens is 383 g/mol. The zero-order chi connectivity index (χ0) is 15.0. The topological polar surface area (TPSA) is 9.23 Å². The first kappa shape index (κ1) is 14.7. The monoisotopic (exact) mass is 404 g/mol. The van der Waals surface area contributed by atoms with Gasteiger partial charge in [0.1, 0.15) is 0 Å². The highest BCUT2D eigenvalue weighted by molar-refractivity contribution is 14.1. The first-order valence-electron chi connectivity index (χ1n) is 8.19. The molecule has 1 saturated carbocycles. The molecular formula is C20H21IO. The van der Waals surface area contributed by atoms with Crippen LogP contribution < -0.4 is 0 Å². The van der Waals surface area contributed by atoms with Crippen LogP contribution >= 0.6 is 22.6 Å². The van der Waals surface area contributed by atoms with Crippen molar-refractivity contribution in [2.24, 2.45) is 5.92 Å². The van der Waals surface area contributed by atoms with Gasteiger partial charge in [-0.3, -0.25) is 0 Å². The van der Waals surface area contributed by atoms with Gasteiger partial charge >= 0.3 is 0 Å². The summed E-state index contributed by atoms with van der Waals surface area (Å²) < 4.78 is 7.03. The van der Waals surface area contributed by atoms with Crippen LogP contribution in [0.2, 0.25) is 0 Å². The van der Waals surface area contributed by atoms with E-state index in [9.17, 15) is 0 Å². The molecule has 3 atom stereocenters. The van der Waals surface area contributed by atoms with Crippen molar-refractivity contribution in [1.82, 2.24) is 0 Å². The van der Waals surface area contributed by atoms with E-state index in [0.717, 1.165) is 6.61 Å². The van der Waals surface area contributed by atoms with Gasteiger partial charge in [-0.15, -0.1) is 0 Å².